The number of carbonyl (C=O) groups is 1. The molecule has 0 aliphatic carbocycles. The molecule has 32 heavy (non-hydrogen) atoms. The second-order valence-electron chi connectivity index (χ2n) is 9.09. The summed E-state index contributed by atoms with van der Waals surface area (Å²) >= 11 is 0. The first-order valence-electron chi connectivity index (χ1n) is 11.4. The molecule has 4 rings (SSSR count). The lowest BCUT2D eigenvalue weighted by atomic mass is 10.1. The number of hydrogen-bond acceptors (Lipinski definition) is 5. The van der Waals surface area contributed by atoms with Gasteiger partial charge >= 0.3 is 0 Å². The quantitative estimate of drug-likeness (QED) is 0.568. The smallest absolute Gasteiger partial charge is 0.225 e. The van der Waals surface area contributed by atoms with Gasteiger partial charge in [-0.25, -0.2) is 9.97 Å². The van der Waals surface area contributed by atoms with E-state index < -0.39 is 0 Å². The van der Waals surface area contributed by atoms with Crippen LogP contribution in [-0.4, -0.2) is 72.0 Å². The van der Waals surface area contributed by atoms with Crippen LogP contribution in [0.4, 0.5) is 5.95 Å². The number of fused-ring (bicyclic) bond motifs is 1. The van der Waals surface area contributed by atoms with Crippen LogP contribution in [0.15, 0.2) is 54.7 Å². The minimum absolute atomic E-state index is 0.0410. The Kier molecular flexibility index (Phi) is 6.70. The molecule has 0 spiro atoms. The summed E-state index contributed by atoms with van der Waals surface area (Å²) in [6.45, 7) is 7.35. The van der Waals surface area contributed by atoms with E-state index in [0.29, 0.717) is 6.04 Å². The Hall–Kier alpha value is -2.99. The highest BCUT2D eigenvalue weighted by Crippen LogP contribution is 2.25. The molecule has 1 amide bonds. The van der Waals surface area contributed by atoms with E-state index in [-0.39, 0.29) is 11.8 Å². The van der Waals surface area contributed by atoms with Gasteiger partial charge in [-0.1, -0.05) is 50.2 Å². The van der Waals surface area contributed by atoms with Crippen molar-refractivity contribution in [2.75, 3.05) is 45.2 Å². The van der Waals surface area contributed by atoms with E-state index in [4.69, 9.17) is 4.98 Å². The molecule has 1 aliphatic rings. The second-order valence-corrected chi connectivity index (χ2v) is 9.09. The third kappa shape index (κ3) is 4.91. The summed E-state index contributed by atoms with van der Waals surface area (Å²) in [5, 5.41) is 2.45. The Bertz CT molecular complexity index is 1080. The number of nitrogens with zero attached hydrogens (tertiary/aromatic N) is 5. The first kappa shape index (κ1) is 22.2. The van der Waals surface area contributed by atoms with Gasteiger partial charge in [-0.05, 0) is 36.4 Å². The van der Waals surface area contributed by atoms with E-state index in [2.05, 4.69) is 64.3 Å². The van der Waals surface area contributed by atoms with Gasteiger partial charge in [-0.15, -0.1) is 0 Å². The molecule has 1 aromatic heterocycles. The van der Waals surface area contributed by atoms with Crippen molar-refractivity contribution in [1.29, 1.82) is 0 Å². The van der Waals surface area contributed by atoms with Crippen molar-refractivity contribution in [3.8, 4) is 11.3 Å². The predicted octanol–water partition coefficient (Wildman–Crippen LogP) is 3.92. The fourth-order valence-electron chi connectivity index (χ4n) is 4.33. The average molecular weight is 432 g/mol. The Morgan fingerprint density at radius 1 is 1.09 bits per heavy atom. The molecule has 1 aliphatic heterocycles. The van der Waals surface area contributed by atoms with Crippen LogP contribution in [0.5, 0.6) is 0 Å². The number of rotatable bonds is 7. The van der Waals surface area contributed by atoms with Crippen molar-refractivity contribution in [3.05, 3.63) is 54.7 Å². The Labute approximate surface area is 190 Å². The zero-order valence-electron chi connectivity index (χ0n) is 19.5. The Morgan fingerprint density at radius 2 is 1.88 bits per heavy atom. The number of amides is 1. The van der Waals surface area contributed by atoms with Crippen LogP contribution in [0.2, 0.25) is 0 Å². The molecule has 1 fully saturated rings. The standard InChI is InChI=1S/C26H33N5O/c1-19(2)25(32)30(4)16-15-29(3)23-12-14-31(18-23)26-27-13-11-24(28-26)22-10-9-20-7-5-6-8-21(20)17-22/h5-11,13,17,19,23H,12,14-16,18H2,1-4H3/t23-/m1/s1. The average Bonchev–Trinajstić information content (AvgIpc) is 3.32. The van der Waals surface area contributed by atoms with Gasteiger partial charge in [0.15, 0.2) is 0 Å². The Balaban J connectivity index is 1.40. The highest BCUT2D eigenvalue weighted by molar-refractivity contribution is 5.86. The van der Waals surface area contributed by atoms with Crippen LogP contribution in [0, 0.1) is 5.92 Å². The van der Waals surface area contributed by atoms with E-state index >= 15 is 0 Å². The monoisotopic (exact) mass is 431 g/mol. The maximum absolute atomic E-state index is 12.1. The zero-order valence-corrected chi connectivity index (χ0v) is 19.5. The predicted molar refractivity (Wildman–Crippen MR) is 131 cm³/mol. The molecule has 0 bridgehead atoms. The molecule has 6 nitrogen and oxygen atoms in total. The number of hydrogen-bond donors (Lipinski definition) is 0. The van der Waals surface area contributed by atoms with Crippen molar-refractivity contribution >= 4 is 22.6 Å². The summed E-state index contributed by atoms with van der Waals surface area (Å²) in [5.41, 5.74) is 2.06. The summed E-state index contributed by atoms with van der Waals surface area (Å²) in [6.07, 6.45) is 2.93. The fourth-order valence-corrected chi connectivity index (χ4v) is 4.33. The Morgan fingerprint density at radius 3 is 2.66 bits per heavy atom. The van der Waals surface area contributed by atoms with Crippen LogP contribution < -0.4 is 4.90 Å². The molecule has 6 heteroatoms. The topological polar surface area (TPSA) is 52.6 Å². The number of benzene rings is 2. The molecule has 2 aromatic carbocycles. The summed E-state index contributed by atoms with van der Waals surface area (Å²) < 4.78 is 0. The van der Waals surface area contributed by atoms with Gasteiger partial charge in [-0.2, -0.15) is 0 Å². The van der Waals surface area contributed by atoms with Crippen LogP contribution in [0.3, 0.4) is 0 Å². The normalized spacial score (nSPS) is 16.3. The summed E-state index contributed by atoms with van der Waals surface area (Å²) in [4.78, 5) is 28.0. The van der Waals surface area contributed by atoms with Crippen LogP contribution in [-0.2, 0) is 4.79 Å². The van der Waals surface area contributed by atoms with E-state index in [1.165, 1.54) is 10.8 Å². The third-order valence-corrected chi connectivity index (χ3v) is 6.42. The first-order chi connectivity index (χ1) is 15.4. The van der Waals surface area contributed by atoms with Crippen molar-refractivity contribution < 1.29 is 4.79 Å². The molecule has 2 heterocycles. The molecule has 0 saturated carbocycles. The lowest BCUT2D eigenvalue weighted by Crippen LogP contribution is -2.41. The first-order valence-corrected chi connectivity index (χ1v) is 11.4. The number of aromatic nitrogens is 2. The molecule has 168 valence electrons. The molecular weight excluding hydrogens is 398 g/mol. The number of anilines is 1. The summed E-state index contributed by atoms with van der Waals surface area (Å²) in [6, 6.07) is 17.3. The van der Waals surface area contributed by atoms with Gasteiger partial charge in [-0.3, -0.25) is 9.69 Å². The maximum Gasteiger partial charge on any atom is 0.225 e. The van der Waals surface area contributed by atoms with E-state index in [1.807, 2.05) is 38.1 Å². The van der Waals surface area contributed by atoms with Gasteiger partial charge in [0.1, 0.15) is 0 Å². The van der Waals surface area contributed by atoms with Gasteiger partial charge in [0.05, 0.1) is 5.69 Å². The lowest BCUT2D eigenvalue weighted by molar-refractivity contribution is -0.133. The number of carbonyl (C=O) groups excluding carboxylic acids is 1. The van der Waals surface area contributed by atoms with Gasteiger partial charge in [0.2, 0.25) is 11.9 Å². The van der Waals surface area contributed by atoms with Crippen molar-refractivity contribution in [1.82, 2.24) is 19.8 Å². The molecule has 1 saturated heterocycles. The van der Waals surface area contributed by atoms with Crippen LogP contribution >= 0.6 is 0 Å². The molecule has 0 unspecified atom stereocenters. The molecule has 3 aromatic rings. The van der Waals surface area contributed by atoms with Crippen molar-refractivity contribution in [2.24, 2.45) is 5.92 Å². The molecule has 0 N–H and O–H groups in total. The van der Waals surface area contributed by atoms with Gasteiger partial charge in [0.25, 0.3) is 0 Å². The second kappa shape index (κ2) is 9.65. The summed E-state index contributed by atoms with van der Waals surface area (Å²) in [5.74, 6) is 1.03. The SMILES string of the molecule is CC(C)C(=O)N(C)CCN(C)[C@@H]1CCN(c2nccc(-c3ccc4ccccc4c3)n2)C1. The molecule has 0 radical (unpaired) electrons. The maximum atomic E-state index is 12.1. The molecule has 1 atom stereocenters. The highest BCUT2D eigenvalue weighted by Gasteiger charge is 2.27. The largest absolute Gasteiger partial charge is 0.344 e. The third-order valence-electron chi connectivity index (χ3n) is 6.42. The van der Waals surface area contributed by atoms with E-state index in [9.17, 15) is 4.79 Å². The lowest BCUT2D eigenvalue weighted by Gasteiger charge is -2.27. The van der Waals surface area contributed by atoms with E-state index in [0.717, 1.165) is 49.8 Å². The fraction of sp³-hybridized carbons (Fsp3) is 0.423. The van der Waals surface area contributed by atoms with Crippen LogP contribution in [0.25, 0.3) is 22.0 Å². The summed E-state index contributed by atoms with van der Waals surface area (Å²) in [7, 11) is 4.04. The van der Waals surface area contributed by atoms with Crippen molar-refractivity contribution in [3.63, 3.8) is 0 Å². The zero-order chi connectivity index (χ0) is 22.7. The number of likely N-dealkylation sites (N-methyl/N-ethyl adjacent to an activating group) is 2. The van der Waals surface area contributed by atoms with Gasteiger partial charge < -0.3 is 9.80 Å². The van der Waals surface area contributed by atoms with Crippen LogP contribution in [0.1, 0.15) is 20.3 Å². The minimum Gasteiger partial charge on any atom is -0.344 e. The van der Waals surface area contributed by atoms with Crippen molar-refractivity contribution in [2.45, 2.75) is 26.3 Å². The van der Waals surface area contributed by atoms with E-state index in [1.54, 1.807) is 0 Å². The van der Waals surface area contributed by atoms with Gasteiger partial charge in [0, 0.05) is 56.9 Å². The minimum atomic E-state index is 0.0410. The highest BCUT2D eigenvalue weighted by atomic mass is 16.2. The molecular formula is C26H33N5O.